The molecule has 1 heterocycles. The molecule has 1 aliphatic carbocycles. The first-order chi connectivity index (χ1) is 9.08. The number of anilines is 1. The van der Waals surface area contributed by atoms with Crippen molar-refractivity contribution in [1.29, 1.82) is 0 Å². The lowest BCUT2D eigenvalue weighted by Crippen LogP contribution is -2.25. The van der Waals surface area contributed by atoms with Crippen molar-refractivity contribution in [1.82, 2.24) is 0 Å². The van der Waals surface area contributed by atoms with E-state index in [-0.39, 0.29) is 11.9 Å². The normalized spacial score (nSPS) is 31.6. The van der Waals surface area contributed by atoms with Gasteiger partial charge in [0.15, 0.2) is 0 Å². The van der Waals surface area contributed by atoms with Crippen molar-refractivity contribution in [2.75, 3.05) is 18.0 Å². The molecule has 1 saturated carbocycles. The van der Waals surface area contributed by atoms with Gasteiger partial charge >= 0.3 is 0 Å². The van der Waals surface area contributed by atoms with Gasteiger partial charge in [0, 0.05) is 30.3 Å². The predicted octanol–water partition coefficient (Wildman–Crippen LogP) is 2.09. The highest BCUT2D eigenvalue weighted by molar-refractivity contribution is 5.56. The SMILES string of the molecule is C[C@H](O)c1c(F)cccc1N1CC2CCC(O)C2C1. The van der Waals surface area contributed by atoms with Gasteiger partial charge in [0.1, 0.15) is 5.82 Å². The molecule has 19 heavy (non-hydrogen) atoms. The summed E-state index contributed by atoms with van der Waals surface area (Å²) >= 11 is 0. The van der Waals surface area contributed by atoms with Gasteiger partial charge in [-0.3, -0.25) is 0 Å². The standard InChI is InChI=1S/C15H20FNO2/c1-9(18)15-12(16)3-2-4-13(15)17-7-10-5-6-14(19)11(10)8-17/h2-4,9-11,14,18-19H,5-8H2,1H3/t9-,10?,11?,14?/m0/s1. The molecule has 3 nitrogen and oxygen atoms in total. The summed E-state index contributed by atoms with van der Waals surface area (Å²) in [5.74, 6) is 0.440. The van der Waals surface area contributed by atoms with Gasteiger partial charge in [-0.25, -0.2) is 4.39 Å². The molecule has 0 aromatic heterocycles. The quantitative estimate of drug-likeness (QED) is 0.860. The fourth-order valence-corrected chi connectivity index (χ4v) is 3.65. The molecule has 2 aliphatic rings. The van der Waals surface area contributed by atoms with E-state index in [1.807, 2.05) is 6.07 Å². The van der Waals surface area contributed by atoms with E-state index >= 15 is 0 Å². The van der Waals surface area contributed by atoms with E-state index in [0.29, 0.717) is 17.4 Å². The van der Waals surface area contributed by atoms with Crippen LogP contribution in [0.3, 0.4) is 0 Å². The number of hydrogen-bond acceptors (Lipinski definition) is 3. The highest BCUT2D eigenvalue weighted by atomic mass is 19.1. The highest BCUT2D eigenvalue weighted by Crippen LogP contribution is 2.41. The number of aliphatic hydroxyl groups excluding tert-OH is 2. The van der Waals surface area contributed by atoms with Crippen LogP contribution in [0.4, 0.5) is 10.1 Å². The third-order valence-electron chi connectivity index (χ3n) is 4.61. The number of rotatable bonds is 2. The Morgan fingerprint density at radius 2 is 2.11 bits per heavy atom. The van der Waals surface area contributed by atoms with E-state index in [1.165, 1.54) is 6.07 Å². The monoisotopic (exact) mass is 265 g/mol. The molecule has 4 heteroatoms. The van der Waals surface area contributed by atoms with Gasteiger partial charge in [0.25, 0.3) is 0 Å². The van der Waals surface area contributed by atoms with Crippen molar-refractivity contribution in [3.8, 4) is 0 Å². The van der Waals surface area contributed by atoms with Crippen LogP contribution in [-0.4, -0.2) is 29.4 Å². The van der Waals surface area contributed by atoms with E-state index in [4.69, 9.17) is 0 Å². The van der Waals surface area contributed by atoms with E-state index in [2.05, 4.69) is 4.90 Å². The minimum absolute atomic E-state index is 0.224. The van der Waals surface area contributed by atoms with Crippen LogP contribution >= 0.6 is 0 Å². The maximum Gasteiger partial charge on any atom is 0.131 e. The third-order valence-corrected chi connectivity index (χ3v) is 4.61. The maximum absolute atomic E-state index is 13.9. The van der Waals surface area contributed by atoms with Crippen LogP contribution in [0.25, 0.3) is 0 Å². The Hall–Kier alpha value is -1.13. The first-order valence-corrected chi connectivity index (χ1v) is 6.97. The zero-order chi connectivity index (χ0) is 13.6. The summed E-state index contributed by atoms with van der Waals surface area (Å²) in [6.07, 6.45) is 0.886. The summed E-state index contributed by atoms with van der Waals surface area (Å²) < 4.78 is 13.9. The molecule has 1 aromatic rings. The Morgan fingerprint density at radius 3 is 2.79 bits per heavy atom. The summed E-state index contributed by atoms with van der Waals surface area (Å²) in [5, 5.41) is 19.7. The van der Waals surface area contributed by atoms with Gasteiger partial charge in [-0.2, -0.15) is 0 Å². The molecule has 0 radical (unpaired) electrons. The zero-order valence-electron chi connectivity index (χ0n) is 11.1. The average Bonchev–Trinajstić information content (AvgIpc) is 2.91. The molecular weight excluding hydrogens is 245 g/mol. The first-order valence-electron chi connectivity index (χ1n) is 6.97. The molecular formula is C15H20FNO2. The molecule has 1 aliphatic heterocycles. The smallest absolute Gasteiger partial charge is 0.131 e. The molecule has 0 amide bonds. The number of halogens is 1. The average molecular weight is 265 g/mol. The van der Waals surface area contributed by atoms with Crippen molar-refractivity contribution in [2.45, 2.75) is 32.0 Å². The zero-order valence-corrected chi connectivity index (χ0v) is 11.1. The molecule has 3 rings (SSSR count). The summed E-state index contributed by atoms with van der Waals surface area (Å²) in [6.45, 7) is 3.20. The van der Waals surface area contributed by atoms with Crippen molar-refractivity contribution in [2.24, 2.45) is 11.8 Å². The lowest BCUT2D eigenvalue weighted by molar-refractivity contribution is 0.133. The van der Waals surface area contributed by atoms with Crippen LogP contribution in [-0.2, 0) is 0 Å². The fourth-order valence-electron chi connectivity index (χ4n) is 3.65. The third kappa shape index (κ3) is 2.13. The Labute approximate surface area is 112 Å². The summed E-state index contributed by atoms with van der Waals surface area (Å²) in [4.78, 5) is 2.11. The van der Waals surface area contributed by atoms with E-state index in [1.54, 1.807) is 13.0 Å². The topological polar surface area (TPSA) is 43.7 Å². The molecule has 2 N–H and O–H groups in total. The van der Waals surface area contributed by atoms with Crippen LogP contribution in [0.5, 0.6) is 0 Å². The number of benzene rings is 1. The van der Waals surface area contributed by atoms with Gasteiger partial charge in [0.05, 0.1) is 12.2 Å². The number of nitrogens with zero attached hydrogens (tertiary/aromatic N) is 1. The molecule has 2 fully saturated rings. The Kier molecular flexibility index (Phi) is 3.23. The van der Waals surface area contributed by atoms with Crippen molar-refractivity contribution >= 4 is 5.69 Å². The number of aliphatic hydroxyl groups is 2. The number of hydrogen-bond donors (Lipinski definition) is 2. The molecule has 0 spiro atoms. The van der Waals surface area contributed by atoms with Gasteiger partial charge in [-0.05, 0) is 37.8 Å². The predicted molar refractivity (Wildman–Crippen MR) is 71.5 cm³/mol. The van der Waals surface area contributed by atoms with E-state index in [9.17, 15) is 14.6 Å². The molecule has 4 atom stereocenters. The van der Waals surface area contributed by atoms with Crippen molar-refractivity contribution in [3.63, 3.8) is 0 Å². The van der Waals surface area contributed by atoms with Gasteiger partial charge in [-0.15, -0.1) is 0 Å². The maximum atomic E-state index is 13.9. The van der Waals surface area contributed by atoms with Gasteiger partial charge in [-0.1, -0.05) is 6.07 Å². The molecule has 104 valence electrons. The highest BCUT2D eigenvalue weighted by Gasteiger charge is 2.42. The lowest BCUT2D eigenvalue weighted by Gasteiger charge is -2.25. The minimum Gasteiger partial charge on any atom is -0.393 e. The van der Waals surface area contributed by atoms with E-state index < -0.39 is 6.10 Å². The second-order valence-electron chi connectivity index (χ2n) is 5.82. The largest absolute Gasteiger partial charge is 0.393 e. The number of fused-ring (bicyclic) bond motifs is 1. The fraction of sp³-hybridized carbons (Fsp3) is 0.600. The van der Waals surface area contributed by atoms with Crippen LogP contribution in [0, 0.1) is 17.7 Å². The Balaban J connectivity index is 1.90. The summed E-state index contributed by atoms with van der Waals surface area (Å²) in [7, 11) is 0. The van der Waals surface area contributed by atoms with Crippen LogP contribution in [0.2, 0.25) is 0 Å². The minimum atomic E-state index is -0.818. The van der Waals surface area contributed by atoms with E-state index in [0.717, 1.165) is 31.6 Å². The van der Waals surface area contributed by atoms with Crippen LogP contribution in [0.1, 0.15) is 31.4 Å². The van der Waals surface area contributed by atoms with Crippen LogP contribution in [0.15, 0.2) is 18.2 Å². The summed E-state index contributed by atoms with van der Waals surface area (Å²) in [5.41, 5.74) is 1.15. The Morgan fingerprint density at radius 1 is 1.32 bits per heavy atom. The molecule has 0 bridgehead atoms. The van der Waals surface area contributed by atoms with Crippen molar-refractivity contribution < 1.29 is 14.6 Å². The molecule has 1 saturated heterocycles. The lowest BCUT2D eigenvalue weighted by atomic mass is 10.00. The van der Waals surface area contributed by atoms with Crippen LogP contribution < -0.4 is 4.90 Å². The molecule has 3 unspecified atom stereocenters. The van der Waals surface area contributed by atoms with Crippen molar-refractivity contribution in [3.05, 3.63) is 29.6 Å². The second-order valence-corrected chi connectivity index (χ2v) is 5.82. The first kappa shape index (κ1) is 12.9. The van der Waals surface area contributed by atoms with Gasteiger partial charge < -0.3 is 15.1 Å². The Bertz CT molecular complexity index is 477. The summed E-state index contributed by atoms with van der Waals surface area (Å²) in [6, 6.07) is 4.93. The molecule has 1 aromatic carbocycles. The second kappa shape index (κ2) is 4.76. The van der Waals surface area contributed by atoms with Gasteiger partial charge in [0.2, 0.25) is 0 Å².